The van der Waals surface area contributed by atoms with Crippen molar-refractivity contribution in [3.8, 4) is 0 Å². The minimum Gasteiger partial charge on any atom is -0.271 e. The van der Waals surface area contributed by atoms with Crippen molar-refractivity contribution in [3.63, 3.8) is 0 Å². The molecular formula is C17H28N2. The average Bonchev–Trinajstić information content (AvgIpc) is 2.49. The third kappa shape index (κ3) is 4.32. The van der Waals surface area contributed by atoms with E-state index in [0.29, 0.717) is 6.04 Å². The Kier molecular flexibility index (Phi) is 5.87. The Bertz CT molecular complexity index is 350. The third-order valence-corrected chi connectivity index (χ3v) is 4.77. The lowest BCUT2D eigenvalue weighted by Gasteiger charge is -2.34. The van der Waals surface area contributed by atoms with Gasteiger partial charge in [-0.15, -0.1) is 0 Å². The number of hydrogen-bond donors (Lipinski definition) is 2. The smallest absolute Gasteiger partial charge is 0.0242 e. The molecule has 2 heteroatoms. The quantitative estimate of drug-likeness (QED) is 0.605. The molecule has 0 heterocycles. The number of hydrazine groups is 1. The summed E-state index contributed by atoms with van der Waals surface area (Å²) in [4.78, 5) is 0. The van der Waals surface area contributed by atoms with E-state index >= 15 is 0 Å². The Morgan fingerprint density at radius 1 is 1.26 bits per heavy atom. The van der Waals surface area contributed by atoms with E-state index in [0.717, 1.165) is 24.7 Å². The van der Waals surface area contributed by atoms with Crippen LogP contribution < -0.4 is 11.3 Å². The van der Waals surface area contributed by atoms with Crippen LogP contribution in [0.3, 0.4) is 0 Å². The fraction of sp³-hybridized carbons (Fsp3) is 0.647. The fourth-order valence-electron chi connectivity index (χ4n) is 3.49. The van der Waals surface area contributed by atoms with Crippen LogP contribution in [-0.2, 0) is 6.42 Å². The molecule has 1 aromatic carbocycles. The maximum absolute atomic E-state index is 5.80. The second kappa shape index (κ2) is 7.66. The predicted molar refractivity (Wildman–Crippen MR) is 81.6 cm³/mol. The SMILES string of the molecule is CCC1CCCC(C(CCc2ccccc2)NN)C1. The molecule has 1 fully saturated rings. The molecule has 0 amide bonds. The minimum absolute atomic E-state index is 0.481. The highest BCUT2D eigenvalue weighted by atomic mass is 15.2. The lowest BCUT2D eigenvalue weighted by molar-refractivity contribution is 0.202. The van der Waals surface area contributed by atoms with Gasteiger partial charge in [0.2, 0.25) is 0 Å². The van der Waals surface area contributed by atoms with Crippen LogP contribution in [0.4, 0.5) is 0 Å². The van der Waals surface area contributed by atoms with Gasteiger partial charge in [0.15, 0.2) is 0 Å². The van der Waals surface area contributed by atoms with E-state index in [9.17, 15) is 0 Å². The molecule has 0 spiro atoms. The minimum atomic E-state index is 0.481. The molecule has 19 heavy (non-hydrogen) atoms. The van der Waals surface area contributed by atoms with Crippen LogP contribution in [0.25, 0.3) is 0 Å². The summed E-state index contributed by atoms with van der Waals surface area (Å²) in [6, 6.07) is 11.2. The van der Waals surface area contributed by atoms with Gasteiger partial charge < -0.3 is 0 Å². The van der Waals surface area contributed by atoms with Gasteiger partial charge in [-0.05, 0) is 43.1 Å². The molecule has 1 saturated carbocycles. The Labute approximate surface area is 117 Å². The third-order valence-electron chi connectivity index (χ3n) is 4.77. The lowest BCUT2D eigenvalue weighted by atomic mass is 9.76. The summed E-state index contributed by atoms with van der Waals surface area (Å²) in [5, 5.41) is 0. The van der Waals surface area contributed by atoms with Gasteiger partial charge in [-0.2, -0.15) is 0 Å². The molecule has 0 bridgehead atoms. The molecule has 1 aliphatic rings. The Hall–Kier alpha value is -0.860. The summed E-state index contributed by atoms with van der Waals surface area (Å²) < 4.78 is 0. The van der Waals surface area contributed by atoms with E-state index < -0.39 is 0 Å². The molecule has 0 aromatic heterocycles. The molecule has 0 aliphatic heterocycles. The highest BCUT2D eigenvalue weighted by Crippen LogP contribution is 2.33. The van der Waals surface area contributed by atoms with Crippen LogP contribution in [0.1, 0.15) is 51.0 Å². The highest BCUT2D eigenvalue weighted by Gasteiger charge is 2.26. The molecule has 2 nitrogen and oxygen atoms in total. The Morgan fingerprint density at radius 2 is 2.05 bits per heavy atom. The standard InChI is InChI=1S/C17H28N2/c1-2-14-9-6-10-16(13-14)17(19-18)12-11-15-7-4-3-5-8-15/h3-5,7-8,14,16-17,19H,2,6,9-13,18H2,1H3. The van der Waals surface area contributed by atoms with Gasteiger partial charge in [0.1, 0.15) is 0 Å². The first-order valence-corrected chi connectivity index (χ1v) is 7.83. The zero-order valence-corrected chi connectivity index (χ0v) is 12.1. The van der Waals surface area contributed by atoms with E-state index in [4.69, 9.17) is 5.84 Å². The Morgan fingerprint density at radius 3 is 2.74 bits per heavy atom. The van der Waals surface area contributed by atoms with E-state index in [1.165, 1.54) is 37.7 Å². The number of nitrogens with one attached hydrogen (secondary N) is 1. The monoisotopic (exact) mass is 260 g/mol. The number of rotatable bonds is 6. The predicted octanol–water partition coefficient (Wildman–Crippen LogP) is 3.67. The first kappa shape index (κ1) is 14.5. The maximum atomic E-state index is 5.80. The van der Waals surface area contributed by atoms with Gasteiger partial charge in [-0.3, -0.25) is 11.3 Å². The van der Waals surface area contributed by atoms with E-state index in [1.807, 2.05) is 0 Å². The van der Waals surface area contributed by atoms with Gasteiger partial charge in [0.05, 0.1) is 0 Å². The second-order valence-electron chi connectivity index (χ2n) is 6.00. The van der Waals surface area contributed by atoms with Crippen LogP contribution >= 0.6 is 0 Å². The first-order chi connectivity index (χ1) is 9.33. The van der Waals surface area contributed by atoms with Crippen molar-refractivity contribution in [1.29, 1.82) is 0 Å². The normalized spacial score (nSPS) is 25.2. The summed E-state index contributed by atoms with van der Waals surface area (Å²) in [6.45, 7) is 2.32. The fourth-order valence-corrected chi connectivity index (χ4v) is 3.49. The molecule has 3 N–H and O–H groups in total. The van der Waals surface area contributed by atoms with Gasteiger partial charge in [0.25, 0.3) is 0 Å². The van der Waals surface area contributed by atoms with Crippen molar-refractivity contribution in [2.45, 2.75) is 57.9 Å². The zero-order chi connectivity index (χ0) is 13.5. The van der Waals surface area contributed by atoms with Crippen molar-refractivity contribution >= 4 is 0 Å². The largest absolute Gasteiger partial charge is 0.271 e. The van der Waals surface area contributed by atoms with Crippen LogP contribution in [0, 0.1) is 11.8 Å². The molecule has 3 atom stereocenters. The van der Waals surface area contributed by atoms with E-state index in [1.54, 1.807) is 0 Å². The molecule has 1 aliphatic carbocycles. The topological polar surface area (TPSA) is 38.0 Å². The zero-order valence-electron chi connectivity index (χ0n) is 12.1. The van der Waals surface area contributed by atoms with Crippen LogP contribution in [0.15, 0.2) is 30.3 Å². The Balaban J connectivity index is 1.85. The molecule has 0 radical (unpaired) electrons. The average molecular weight is 260 g/mol. The number of nitrogens with two attached hydrogens (primary N) is 1. The summed E-state index contributed by atoms with van der Waals surface area (Å²) in [5.41, 5.74) is 4.51. The maximum Gasteiger partial charge on any atom is 0.0242 e. The number of benzene rings is 1. The van der Waals surface area contributed by atoms with Crippen LogP contribution in [0.5, 0.6) is 0 Å². The number of hydrogen-bond acceptors (Lipinski definition) is 2. The summed E-state index contributed by atoms with van der Waals surface area (Å²) in [6.07, 6.45) is 9.12. The first-order valence-electron chi connectivity index (χ1n) is 7.83. The molecule has 0 saturated heterocycles. The van der Waals surface area contributed by atoms with Gasteiger partial charge >= 0.3 is 0 Å². The van der Waals surface area contributed by atoms with Crippen molar-refractivity contribution in [2.75, 3.05) is 0 Å². The highest BCUT2D eigenvalue weighted by molar-refractivity contribution is 5.14. The molecule has 106 valence electrons. The van der Waals surface area contributed by atoms with Crippen molar-refractivity contribution in [3.05, 3.63) is 35.9 Å². The van der Waals surface area contributed by atoms with E-state index in [2.05, 4.69) is 42.7 Å². The molecule has 2 rings (SSSR count). The molecule has 3 unspecified atom stereocenters. The van der Waals surface area contributed by atoms with Crippen molar-refractivity contribution in [2.24, 2.45) is 17.7 Å². The van der Waals surface area contributed by atoms with Crippen molar-refractivity contribution in [1.82, 2.24) is 5.43 Å². The molecule has 1 aromatic rings. The molecular weight excluding hydrogens is 232 g/mol. The van der Waals surface area contributed by atoms with Crippen LogP contribution in [0.2, 0.25) is 0 Å². The summed E-state index contributed by atoms with van der Waals surface area (Å²) in [7, 11) is 0. The van der Waals surface area contributed by atoms with Gasteiger partial charge in [-0.25, -0.2) is 0 Å². The number of aryl methyl sites for hydroxylation is 1. The summed E-state index contributed by atoms with van der Waals surface area (Å²) in [5.74, 6) is 7.50. The van der Waals surface area contributed by atoms with Gasteiger partial charge in [0, 0.05) is 6.04 Å². The second-order valence-corrected chi connectivity index (χ2v) is 6.00. The lowest BCUT2D eigenvalue weighted by Crippen LogP contribution is -2.42. The van der Waals surface area contributed by atoms with Crippen LogP contribution in [-0.4, -0.2) is 6.04 Å². The summed E-state index contributed by atoms with van der Waals surface area (Å²) >= 11 is 0. The van der Waals surface area contributed by atoms with Gasteiger partial charge in [-0.1, -0.05) is 56.5 Å². The van der Waals surface area contributed by atoms with Crippen molar-refractivity contribution < 1.29 is 0 Å². The van der Waals surface area contributed by atoms with E-state index in [-0.39, 0.29) is 0 Å².